The molecule has 0 aromatic heterocycles. The lowest BCUT2D eigenvalue weighted by Crippen LogP contribution is -2.26. The number of carboxylic acid groups (broad SMARTS) is 1. The van der Waals surface area contributed by atoms with Crippen molar-refractivity contribution in [2.45, 2.75) is 11.4 Å². The summed E-state index contributed by atoms with van der Waals surface area (Å²) in [4.78, 5) is 10.1. The largest absolute Gasteiger partial charge is 0.545 e. The summed E-state index contributed by atoms with van der Waals surface area (Å²) in [6.07, 6.45) is 0. The van der Waals surface area contributed by atoms with Crippen LogP contribution in [0.1, 0.15) is 15.9 Å². The molecule has 0 aliphatic heterocycles. The monoisotopic (exact) mass is 368 g/mol. The number of rotatable bonds is 7. The van der Waals surface area contributed by atoms with E-state index in [1.807, 2.05) is 0 Å². The number of carbonyl (C=O) groups is 1. The summed E-state index contributed by atoms with van der Waals surface area (Å²) in [6.45, 7) is -0.155. The summed E-state index contributed by atoms with van der Waals surface area (Å²) in [5, 5.41) is 10.8. The van der Waals surface area contributed by atoms with Crippen molar-refractivity contribution in [2.24, 2.45) is 0 Å². The van der Waals surface area contributed by atoms with Gasteiger partial charge >= 0.3 is 0 Å². The number of hydrogen-bond acceptors (Lipinski definition) is 6. The van der Waals surface area contributed by atoms with Crippen LogP contribution in [0.5, 0.6) is 11.5 Å². The smallest absolute Gasteiger partial charge is 0.243 e. The molecule has 134 valence electrons. The van der Waals surface area contributed by atoms with Gasteiger partial charge in [0.05, 0.1) is 20.2 Å². The van der Waals surface area contributed by atoms with Gasteiger partial charge in [0.15, 0.2) is 11.5 Å². The minimum Gasteiger partial charge on any atom is -0.545 e. The number of hydrogen-bond donors (Lipinski definition) is 1. The number of carbonyl (C=O) groups excluding carboxylic acids is 1. The van der Waals surface area contributed by atoms with E-state index in [1.165, 1.54) is 14.2 Å². The molecule has 2 aromatic carbocycles. The number of halogens is 1. The zero-order chi connectivity index (χ0) is 18.6. The highest BCUT2D eigenvalue weighted by atomic mass is 32.2. The Morgan fingerprint density at radius 3 is 2.40 bits per heavy atom. The van der Waals surface area contributed by atoms with Crippen LogP contribution in [0, 0.1) is 5.82 Å². The third kappa shape index (κ3) is 4.25. The highest BCUT2D eigenvalue weighted by Crippen LogP contribution is 2.27. The molecule has 1 N–H and O–H groups in total. The Morgan fingerprint density at radius 2 is 1.80 bits per heavy atom. The predicted molar refractivity (Wildman–Crippen MR) is 84.3 cm³/mol. The zero-order valence-corrected chi connectivity index (χ0v) is 14.2. The normalized spacial score (nSPS) is 11.2. The van der Waals surface area contributed by atoms with Gasteiger partial charge in [-0.25, -0.2) is 17.5 Å². The molecule has 0 saturated carbocycles. The van der Waals surface area contributed by atoms with Gasteiger partial charge in [0.1, 0.15) is 10.7 Å². The Balaban J connectivity index is 2.25. The zero-order valence-electron chi connectivity index (χ0n) is 13.4. The molecular weight excluding hydrogens is 353 g/mol. The Kier molecular flexibility index (Phi) is 5.60. The first-order chi connectivity index (χ1) is 11.8. The molecule has 0 saturated heterocycles. The van der Waals surface area contributed by atoms with Crippen molar-refractivity contribution in [3.63, 3.8) is 0 Å². The van der Waals surface area contributed by atoms with Crippen molar-refractivity contribution in [1.29, 1.82) is 0 Å². The summed E-state index contributed by atoms with van der Waals surface area (Å²) < 4.78 is 50.7. The molecule has 0 aliphatic carbocycles. The number of nitrogens with one attached hydrogen (secondary N) is 1. The Hall–Kier alpha value is -2.65. The van der Waals surface area contributed by atoms with E-state index in [-0.39, 0.29) is 6.54 Å². The lowest BCUT2D eigenvalue weighted by Gasteiger charge is -2.12. The molecule has 0 radical (unpaired) electrons. The highest BCUT2D eigenvalue weighted by Gasteiger charge is 2.20. The van der Waals surface area contributed by atoms with E-state index in [2.05, 4.69) is 4.72 Å². The van der Waals surface area contributed by atoms with Gasteiger partial charge in [-0.1, -0.05) is 12.1 Å². The molecule has 2 rings (SSSR count). The molecule has 0 amide bonds. The number of benzene rings is 2. The van der Waals surface area contributed by atoms with Gasteiger partial charge in [0.25, 0.3) is 0 Å². The Labute approximate surface area is 144 Å². The fourth-order valence-corrected chi connectivity index (χ4v) is 3.20. The second-order valence-corrected chi connectivity index (χ2v) is 6.68. The van der Waals surface area contributed by atoms with Crippen LogP contribution in [-0.4, -0.2) is 28.6 Å². The van der Waals surface area contributed by atoms with Crippen LogP contribution >= 0.6 is 0 Å². The number of ether oxygens (including phenoxy) is 2. The van der Waals surface area contributed by atoms with Crippen molar-refractivity contribution in [3.8, 4) is 11.5 Å². The van der Waals surface area contributed by atoms with Gasteiger partial charge in [0.2, 0.25) is 10.0 Å². The van der Waals surface area contributed by atoms with Crippen LogP contribution in [-0.2, 0) is 16.6 Å². The minimum absolute atomic E-state index is 0.155. The molecule has 2 aromatic rings. The van der Waals surface area contributed by atoms with E-state index in [0.29, 0.717) is 23.1 Å². The molecule has 0 heterocycles. The van der Waals surface area contributed by atoms with Crippen LogP contribution in [0.2, 0.25) is 0 Å². The number of methoxy groups -OCH3 is 2. The highest BCUT2D eigenvalue weighted by molar-refractivity contribution is 7.89. The molecule has 9 heteroatoms. The molecule has 0 spiro atoms. The van der Waals surface area contributed by atoms with Crippen molar-refractivity contribution in [2.75, 3.05) is 14.2 Å². The fraction of sp³-hybridized carbons (Fsp3) is 0.188. The van der Waals surface area contributed by atoms with Crippen LogP contribution in [0.15, 0.2) is 41.3 Å². The van der Waals surface area contributed by atoms with E-state index in [1.54, 1.807) is 18.2 Å². The van der Waals surface area contributed by atoms with Crippen LogP contribution in [0.3, 0.4) is 0 Å². The van der Waals surface area contributed by atoms with Crippen molar-refractivity contribution in [3.05, 3.63) is 53.3 Å². The van der Waals surface area contributed by atoms with Crippen molar-refractivity contribution >= 4 is 16.0 Å². The van der Waals surface area contributed by atoms with Crippen LogP contribution < -0.4 is 19.3 Å². The van der Waals surface area contributed by atoms with Crippen molar-refractivity contribution < 1.29 is 32.2 Å². The second-order valence-electron chi connectivity index (χ2n) is 4.95. The number of sulfonamides is 1. The average molecular weight is 368 g/mol. The molecular formula is C16H15FNO6S-. The predicted octanol–water partition coefficient (Wildman–Crippen LogP) is 0.685. The standard InChI is InChI=1S/C16H16FNO6S/c1-23-13-6-3-10(7-14(13)24-2)9-18-25(21,22)15-8-11(16(19)20)4-5-12(15)17/h3-8,18H,9H2,1-2H3,(H,19,20)/p-1. The topological polar surface area (TPSA) is 105 Å². The van der Waals surface area contributed by atoms with Gasteiger partial charge in [-0.3, -0.25) is 0 Å². The van der Waals surface area contributed by atoms with Crippen molar-refractivity contribution in [1.82, 2.24) is 4.72 Å². The van der Waals surface area contributed by atoms with E-state index in [4.69, 9.17) is 9.47 Å². The van der Waals surface area contributed by atoms with E-state index < -0.39 is 32.3 Å². The average Bonchev–Trinajstić information content (AvgIpc) is 2.59. The number of carboxylic acids is 1. The number of aromatic carboxylic acids is 1. The summed E-state index contributed by atoms with van der Waals surface area (Å²) in [7, 11) is -1.37. The molecule has 0 unspecified atom stereocenters. The summed E-state index contributed by atoms with van der Waals surface area (Å²) in [5.74, 6) is -1.78. The first kappa shape index (κ1) is 18.7. The maximum atomic E-state index is 13.8. The first-order valence-electron chi connectivity index (χ1n) is 7.00. The second kappa shape index (κ2) is 7.49. The Morgan fingerprint density at radius 1 is 1.12 bits per heavy atom. The summed E-state index contributed by atoms with van der Waals surface area (Å²) in [6, 6.07) is 7.17. The van der Waals surface area contributed by atoms with E-state index in [9.17, 15) is 22.7 Å². The molecule has 7 nitrogen and oxygen atoms in total. The molecule has 0 bridgehead atoms. The summed E-state index contributed by atoms with van der Waals surface area (Å²) in [5.41, 5.74) is 0.102. The summed E-state index contributed by atoms with van der Waals surface area (Å²) >= 11 is 0. The maximum Gasteiger partial charge on any atom is 0.243 e. The van der Waals surface area contributed by atoms with Crippen LogP contribution in [0.25, 0.3) is 0 Å². The maximum absolute atomic E-state index is 13.8. The Bertz CT molecular complexity index is 897. The van der Waals surface area contributed by atoms with E-state index in [0.717, 1.165) is 12.1 Å². The lowest BCUT2D eigenvalue weighted by molar-refractivity contribution is -0.255. The van der Waals surface area contributed by atoms with Gasteiger partial charge in [0, 0.05) is 6.54 Å². The first-order valence-corrected chi connectivity index (χ1v) is 8.48. The minimum atomic E-state index is -4.27. The van der Waals surface area contributed by atoms with Crippen LogP contribution in [0.4, 0.5) is 4.39 Å². The van der Waals surface area contributed by atoms with E-state index >= 15 is 0 Å². The van der Waals surface area contributed by atoms with Gasteiger partial charge in [-0.05, 0) is 35.4 Å². The molecule has 0 atom stereocenters. The quantitative estimate of drug-likeness (QED) is 0.771. The fourth-order valence-electron chi connectivity index (χ4n) is 2.08. The van der Waals surface area contributed by atoms with Gasteiger partial charge < -0.3 is 19.4 Å². The third-order valence-electron chi connectivity index (χ3n) is 3.37. The third-order valence-corrected chi connectivity index (χ3v) is 4.79. The molecule has 0 aliphatic rings. The lowest BCUT2D eigenvalue weighted by atomic mass is 10.2. The van der Waals surface area contributed by atoms with Gasteiger partial charge in [-0.2, -0.15) is 0 Å². The molecule has 0 fully saturated rings. The molecule has 25 heavy (non-hydrogen) atoms. The van der Waals surface area contributed by atoms with Gasteiger partial charge in [-0.15, -0.1) is 0 Å². The SMILES string of the molecule is COc1ccc(CNS(=O)(=O)c2cc(C(=O)[O-])ccc2F)cc1OC.